The first kappa shape index (κ1) is 12.8. The highest BCUT2D eigenvalue weighted by Gasteiger charge is 2.12. The van der Waals surface area contributed by atoms with Crippen LogP contribution in [0.5, 0.6) is 0 Å². The van der Waals surface area contributed by atoms with Crippen molar-refractivity contribution in [3.63, 3.8) is 0 Å². The first-order valence-corrected chi connectivity index (χ1v) is 5.73. The Hall–Kier alpha value is -2.67. The van der Waals surface area contributed by atoms with Gasteiger partial charge >= 0.3 is 5.97 Å². The number of carbonyl (C=O) groups is 1. The molecule has 0 spiro atoms. The summed E-state index contributed by atoms with van der Waals surface area (Å²) in [5.41, 5.74) is 3.93. The van der Waals surface area contributed by atoms with E-state index in [0.717, 1.165) is 22.3 Å². The van der Waals surface area contributed by atoms with E-state index in [1.807, 2.05) is 19.1 Å². The van der Waals surface area contributed by atoms with Crippen LogP contribution in [0.2, 0.25) is 0 Å². The van der Waals surface area contributed by atoms with Crippen molar-refractivity contribution in [1.82, 2.24) is 4.98 Å². The summed E-state index contributed by atoms with van der Waals surface area (Å²) in [7, 11) is 0. The minimum absolute atomic E-state index is 0.267. The largest absolute Gasteiger partial charge is 0.478 e. The van der Waals surface area contributed by atoms with Crippen LogP contribution in [0.15, 0.2) is 30.6 Å². The van der Waals surface area contributed by atoms with E-state index in [1.54, 1.807) is 25.3 Å². The monoisotopic (exact) mass is 252 g/mol. The molecule has 0 amide bonds. The number of hydrogen-bond donors (Lipinski definition) is 1. The normalized spacial score (nSPS) is 9.95. The van der Waals surface area contributed by atoms with Gasteiger partial charge < -0.3 is 5.11 Å². The molecule has 0 aliphatic rings. The van der Waals surface area contributed by atoms with Crippen LogP contribution < -0.4 is 0 Å². The number of pyridine rings is 1. The van der Waals surface area contributed by atoms with Crippen molar-refractivity contribution in [3.05, 3.63) is 52.8 Å². The highest BCUT2D eigenvalue weighted by Crippen LogP contribution is 2.26. The lowest BCUT2D eigenvalue weighted by atomic mass is 9.95. The Morgan fingerprint density at radius 1 is 1.21 bits per heavy atom. The average Bonchev–Trinajstić information content (AvgIpc) is 2.38. The van der Waals surface area contributed by atoms with Gasteiger partial charge in [-0.2, -0.15) is 5.26 Å². The molecule has 4 heteroatoms. The Labute approximate surface area is 111 Å². The topological polar surface area (TPSA) is 74.0 Å². The standard InChI is InChI=1S/C15H12N2O2/c1-9-3-10(2)14(15(18)19)5-13(9)12-4-11(6-16)7-17-8-12/h3-5,7-8H,1-2H3,(H,18,19). The van der Waals surface area contributed by atoms with Gasteiger partial charge in [0.1, 0.15) is 6.07 Å². The van der Waals surface area contributed by atoms with E-state index in [4.69, 9.17) is 10.4 Å². The molecular weight excluding hydrogens is 240 g/mol. The molecule has 2 aromatic rings. The van der Waals surface area contributed by atoms with Crippen molar-refractivity contribution in [2.24, 2.45) is 0 Å². The first-order valence-electron chi connectivity index (χ1n) is 5.73. The summed E-state index contributed by atoms with van der Waals surface area (Å²) >= 11 is 0. The van der Waals surface area contributed by atoms with Crippen molar-refractivity contribution < 1.29 is 9.90 Å². The lowest BCUT2D eigenvalue weighted by Gasteiger charge is -2.10. The van der Waals surface area contributed by atoms with Crippen molar-refractivity contribution in [2.45, 2.75) is 13.8 Å². The summed E-state index contributed by atoms with van der Waals surface area (Å²) in [5.74, 6) is -0.955. The second-order valence-electron chi connectivity index (χ2n) is 4.36. The number of rotatable bonds is 2. The number of carboxylic acid groups (broad SMARTS) is 1. The molecule has 0 unspecified atom stereocenters. The number of nitrogens with zero attached hydrogens (tertiary/aromatic N) is 2. The minimum atomic E-state index is -0.955. The molecule has 0 aliphatic heterocycles. The maximum absolute atomic E-state index is 11.2. The fourth-order valence-corrected chi connectivity index (χ4v) is 2.04. The molecule has 1 aromatic carbocycles. The van der Waals surface area contributed by atoms with E-state index in [9.17, 15) is 4.79 Å². The summed E-state index contributed by atoms with van der Waals surface area (Å²) in [5, 5.41) is 18.0. The van der Waals surface area contributed by atoms with E-state index in [1.165, 1.54) is 6.20 Å². The molecule has 94 valence electrons. The van der Waals surface area contributed by atoms with Crippen molar-refractivity contribution in [3.8, 4) is 17.2 Å². The Balaban J connectivity index is 2.65. The third-order valence-electron chi connectivity index (χ3n) is 2.98. The molecule has 0 saturated carbocycles. The van der Waals surface area contributed by atoms with E-state index in [2.05, 4.69) is 4.98 Å². The molecule has 2 rings (SSSR count). The molecular formula is C15H12N2O2. The van der Waals surface area contributed by atoms with Gasteiger partial charge in [-0.1, -0.05) is 6.07 Å². The van der Waals surface area contributed by atoms with E-state index >= 15 is 0 Å². The number of aromatic carboxylic acids is 1. The van der Waals surface area contributed by atoms with Gasteiger partial charge in [-0.15, -0.1) is 0 Å². The molecule has 0 fully saturated rings. The highest BCUT2D eigenvalue weighted by atomic mass is 16.4. The summed E-state index contributed by atoms with van der Waals surface area (Å²) in [6.07, 6.45) is 3.11. The predicted octanol–water partition coefficient (Wildman–Crippen LogP) is 2.94. The number of benzene rings is 1. The number of carboxylic acids is 1. The lowest BCUT2D eigenvalue weighted by Crippen LogP contribution is -2.01. The number of aryl methyl sites for hydroxylation is 2. The van der Waals surface area contributed by atoms with Gasteiger partial charge in [0.05, 0.1) is 11.1 Å². The maximum atomic E-state index is 11.2. The van der Waals surface area contributed by atoms with Gasteiger partial charge in [0.25, 0.3) is 0 Å². The van der Waals surface area contributed by atoms with Gasteiger partial charge in [-0.25, -0.2) is 4.79 Å². The third kappa shape index (κ3) is 2.45. The van der Waals surface area contributed by atoms with E-state index in [-0.39, 0.29) is 5.56 Å². The molecule has 4 nitrogen and oxygen atoms in total. The Morgan fingerprint density at radius 2 is 1.95 bits per heavy atom. The van der Waals surface area contributed by atoms with E-state index < -0.39 is 5.97 Å². The van der Waals surface area contributed by atoms with E-state index in [0.29, 0.717) is 5.56 Å². The molecule has 19 heavy (non-hydrogen) atoms. The van der Waals surface area contributed by atoms with Crippen molar-refractivity contribution in [2.75, 3.05) is 0 Å². The number of nitriles is 1. The molecule has 0 bridgehead atoms. The Kier molecular flexibility index (Phi) is 3.30. The third-order valence-corrected chi connectivity index (χ3v) is 2.98. The Bertz CT molecular complexity index is 700. The summed E-state index contributed by atoms with van der Waals surface area (Å²) < 4.78 is 0. The smallest absolute Gasteiger partial charge is 0.335 e. The predicted molar refractivity (Wildman–Crippen MR) is 70.8 cm³/mol. The summed E-state index contributed by atoms with van der Waals surface area (Å²) in [6, 6.07) is 7.19. The SMILES string of the molecule is Cc1cc(C)c(-c2cncc(C#N)c2)cc1C(=O)O. The number of hydrogen-bond acceptors (Lipinski definition) is 3. The molecule has 1 N–H and O–H groups in total. The van der Waals surface area contributed by atoms with Crippen LogP contribution in [-0.4, -0.2) is 16.1 Å². The zero-order chi connectivity index (χ0) is 14.0. The first-order chi connectivity index (χ1) is 9.02. The molecule has 0 aliphatic carbocycles. The lowest BCUT2D eigenvalue weighted by molar-refractivity contribution is 0.0696. The molecule has 0 atom stereocenters. The highest BCUT2D eigenvalue weighted by molar-refractivity contribution is 5.91. The van der Waals surface area contributed by atoms with Crippen LogP contribution in [0.3, 0.4) is 0 Å². The van der Waals surface area contributed by atoms with Gasteiger partial charge in [0, 0.05) is 18.0 Å². The van der Waals surface area contributed by atoms with Crippen LogP contribution in [-0.2, 0) is 0 Å². The van der Waals surface area contributed by atoms with Gasteiger partial charge in [0.2, 0.25) is 0 Å². The second kappa shape index (κ2) is 4.91. The minimum Gasteiger partial charge on any atom is -0.478 e. The van der Waals surface area contributed by atoms with Crippen molar-refractivity contribution >= 4 is 5.97 Å². The Morgan fingerprint density at radius 3 is 2.58 bits per heavy atom. The fourth-order valence-electron chi connectivity index (χ4n) is 2.04. The summed E-state index contributed by atoms with van der Waals surface area (Å²) in [4.78, 5) is 15.2. The van der Waals surface area contributed by atoms with Gasteiger partial charge in [-0.05, 0) is 42.7 Å². The molecule has 1 heterocycles. The maximum Gasteiger partial charge on any atom is 0.335 e. The molecule has 1 aromatic heterocycles. The van der Waals surface area contributed by atoms with Crippen LogP contribution in [0.4, 0.5) is 0 Å². The average molecular weight is 252 g/mol. The zero-order valence-electron chi connectivity index (χ0n) is 10.6. The number of aromatic nitrogens is 1. The molecule has 0 saturated heterocycles. The molecule has 0 radical (unpaired) electrons. The zero-order valence-corrected chi connectivity index (χ0v) is 10.6. The van der Waals surface area contributed by atoms with Crippen LogP contribution in [0, 0.1) is 25.2 Å². The summed E-state index contributed by atoms with van der Waals surface area (Å²) in [6.45, 7) is 3.68. The quantitative estimate of drug-likeness (QED) is 0.891. The fraction of sp³-hybridized carbons (Fsp3) is 0.133. The van der Waals surface area contributed by atoms with Gasteiger partial charge in [0.15, 0.2) is 0 Å². The van der Waals surface area contributed by atoms with Gasteiger partial charge in [-0.3, -0.25) is 4.98 Å². The van der Waals surface area contributed by atoms with Crippen LogP contribution >= 0.6 is 0 Å². The second-order valence-corrected chi connectivity index (χ2v) is 4.36. The van der Waals surface area contributed by atoms with Crippen LogP contribution in [0.25, 0.3) is 11.1 Å². The van der Waals surface area contributed by atoms with Crippen LogP contribution in [0.1, 0.15) is 27.0 Å². The van der Waals surface area contributed by atoms with Crippen molar-refractivity contribution in [1.29, 1.82) is 5.26 Å².